The van der Waals surface area contributed by atoms with Gasteiger partial charge in [0.1, 0.15) is 0 Å². The summed E-state index contributed by atoms with van der Waals surface area (Å²) in [5.74, 6) is 2.95. The number of rotatable bonds is 10. The molecule has 2 saturated carbocycles. The van der Waals surface area contributed by atoms with E-state index >= 15 is 0 Å². The van der Waals surface area contributed by atoms with Crippen molar-refractivity contribution >= 4 is 0 Å². The summed E-state index contributed by atoms with van der Waals surface area (Å²) < 4.78 is 6.01. The van der Waals surface area contributed by atoms with Crippen molar-refractivity contribution < 1.29 is 4.74 Å². The minimum absolute atomic E-state index is 0.0944. The van der Waals surface area contributed by atoms with E-state index in [4.69, 9.17) is 10.00 Å². The highest BCUT2D eigenvalue weighted by molar-refractivity contribution is 5.11. The number of nitriles is 1. The van der Waals surface area contributed by atoms with Gasteiger partial charge in [-0.2, -0.15) is 5.26 Å². The molecule has 0 heterocycles. The van der Waals surface area contributed by atoms with Crippen LogP contribution in [0.1, 0.15) is 96.8 Å². The van der Waals surface area contributed by atoms with E-state index in [0.717, 1.165) is 30.6 Å². The zero-order chi connectivity index (χ0) is 19.4. The summed E-state index contributed by atoms with van der Waals surface area (Å²) in [5.41, 5.74) is 0.0944. The highest BCUT2D eigenvalue weighted by Gasteiger charge is 2.38. The second-order valence-electron chi connectivity index (χ2n) is 8.96. The lowest BCUT2D eigenvalue weighted by Crippen LogP contribution is -2.38. The molecule has 2 aliphatic carbocycles. The number of unbranched alkanes of at least 4 members (excludes halogenated alkanes) is 2. The third-order valence-electron chi connectivity index (χ3n) is 7.33. The molecule has 0 aromatic carbocycles. The molecule has 0 unspecified atom stereocenters. The molecule has 0 atom stereocenters. The van der Waals surface area contributed by atoms with Crippen LogP contribution in [0.3, 0.4) is 0 Å². The zero-order valence-corrected chi connectivity index (χ0v) is 17.8. The van der Waals surface area contributed by atoms with Gasteiger partial charge in [0.2, 0.25) is 0 Å². The Bertz CT molecular complexity index is 485. The summed E-state index contributed by atoms with van der Waals surface area (Å²) in [4.78, 5) is 0. The number of hydrogen-bond acceptors (Lipinski definition) is 2. The molecule has 2 fully saturated rings. The van der Waals surface area contributed by atoms with E-state index in [9.17, 15) is 0 Å². The van der Waals surface area contributed by atoms with Crippen LogP contribution in [0.25, 0.3) is 0 Å². The van der Waals surface area contributed by atoms with Gasteiger partial charge in [-0.3, -0.25) is 0 Å². The van der Waals surface area contributed by atoms with Gasteiger partial charge in [0.05, 0.1) is 11.7 Å². The van der Waals surface area contributed by atoms with Crippen molar-refractivity contribution in [3.05, 3.63) is 24.3 Å². The van der Waals surface area contributed by atoms with Gasteiger partial charge in [0, 0.05) is 13.2 Å². The predicted octanol–water partition coefficient (Wildman–Crippen LogP) is 7.36. The number of methoxy groups -OCH3 is 1. The van der Waals surface area contributed by atoms with Gasteiger partial charge in [0.25, 0.3) is 0 Å². The molecule has 0 spiro atoms. The third-order valence-corrected chi connectivity index (χ3v) is 7.33. The molecule has 2 nitrogen and oxygen atoms in total. The van der Waals surface area contributed by atoms with Crippen LogP contribution >= 0.6 is 0 Å². The standard InChI is InChI=1S/C25H41NO/c1-3-4-8-11-22-12-14-23(15-13-22)24-16-19-25(27-2,20-17-24)18-9-6-5-7-10-21-26/h5-7,10,22-24H,3-4,8-9,11-20H2,1-2H3. The largest absolute Gasteiger partial charge is 0.378 e. The fraction of sp³-hybridized carbons (Fsp3) is 0.800. The Labute approximate surface area is 168 Å². The number of allylic oxidation sites excluding steroid dienone is 4. The lowest BCUT2D eigenvalue weighted by atomic mass is 9.67. The van der Waals surface area contributed by atoms with Crippen LogP contribution in [0.15, 0.2) is 24.3 Å². The first-order valence-corrected chi connectivity index (χ1v) is 11.5. The summed E-state index contributed by atoms with van der Waals surface area (Å²) in [5, 5.41) is 8.51. The first-order valence-electron chi connectivity index (χ1n) is 11.5. The van der Waals surface area contributed by atoms with Crippen molar-refractivity contribution in [3.63, 3.8) is 0 Å². The van der Waals surface area contributed by atoms with E-state index < -0.39 is 0 Å². The Morgan fingerprint density at radius 2 is 1.70 bits per heavy atom. The summed E-state index contributed by atoms with van der Waals surface area (Å²) >= 11 is 0. The van der Waals surface area contributed by atoms with Gasteiger partial charge in [-0.05, 0) is 69.1 Å². The fourth-order valence-corrected chi connectivity index (χ4v) is 5.44. The molecule has 0 aliphatic heterocycles. The van der Waals surface area contributed by atoms with Gasteiger partial charge >= 0.3 is 0 Å². The molecular weight excluding hydrogens is 330 g/mol. The number of ether oxygens (including phenoxy) is 1. The Morgan fingerprint density at radius 1 is 1.00 bits per heavy atom. The SMILES string of the molecule is CCCCCC1CCC(C2CCC(CCC=CC=CC#N)(OC)CC2)CC1. The fourth-order valence-electron chi connectivity index (χ4n) is 5.44. The van der Waals surface area contributed by atoms with Crippen LogP contribution in [0.5, 0.6) is 0 Å². The van der Waals surface area contributed by atoms with E-state index in [1.807, 2.05) is 25.3 Å². The van der Waals surface area contributed by atoms with E-state index in [2.05, 4.69) is 13.0 Å². The predicted molar refractivity (Wildman–Crippen MR) is 114 cm³/mol. The Morgan fingerprint density at radius 3 is 2.33 bits per heavy atom. The Kier molecular flexibility index (Phi) is 10.2. The molecule has 0 radical (unpaired) electrons. The van der Waals surface area contributed by atoms with Crippen molar-refractivity contribution in [3.8, 4) is 6.07 Å². The normalized spacial score (nSPS) is 32.1. The number of hydrogen-bond donors (Lipinski definition) is 0. The minimum Gasteiger partial charge on any atom is -0.378 e. The van der Waals surface area contributed by atoms with Gasteiger partial charge in [-0.25, -0.2) is 0 Å². The van der Waals surface area contributed by atoms with Gasteiger partial charge in [-0.15, -0.1) is 0 Å². The van der Waals surface area contributed by atoms with Crippen LogP contribution in [0, 0.1) is 29.1 Å². The monoisotopic (exact) mass is 371 g/mol. The van der Waals surface area contributed by atoms with Crippen molar-refractivity contribution in [2.45, 2.75) is 102 Å². The molecule has 0 amide bonds. The Balaban J connectivity index is 1.70. The zero-order valence-electron chi connectivity index (χ0n) is 17.8. The third kappa shape index (κ3) is 7.46. The van der Waals surface area contributed by atoms with E-state index in [1.165, 1.54) is 83.1 Å². The minimum atomic E-state index is 0.0944. The van der Waals surface area contributed by atoms with Crippen LogP contribution in [-0.2, 0) is 4.74 Å². The van der Waals surface area contributed by atoms with Gasteiger partial charge in [0.15, 0.2) is 0 Å². The van der Waals surface area contributed by atoms with E-state index in [0.29, 0.717) is 0 Å². The van der Waals surface area contributed by atoms with E-state index in [-0.39, 0.29) is 5.60 Å². The van der Waals surface area contributed by atoms with Crippen molar-refractivity contribution in [2.24, 2.45) is 17.8 Å². The van der Waals surface area contributed by atoms with E-state index in [1.54, 1.807) is 0 Å². The molecule has 2 aliphatic rings. The van der Waals surface area contributed by atoms with Gasteiger partial charge < -0.3 is 4.74 Å². The molecule has 0 aromatic heterocycles. The average molecular weight is 372 g/mol. The summed E-state index contributed by atoms with van der Waals surface area (Å²) in [7, 11) is 1.90. The first-order chi connectivity index (χ1) is 13.2. The molecule has 0 aromatic rings. The summed E-state index contributed by atoms with van der Waals surface area (Å²) in [6, 6.07) is 2.02. The van der Waals surface area contributed by atoms with Crippen molar-refractivity contribution in [1.82, 2.24) is 0 Å². The molecule has 0 saturated heterocycles. The maximum Gasteiger partial charge on any atom is 0.0912 e. The first kappa shape index (κ1) is 22.2. The quantitative estimate of drug-likeness (QED) is 0.228. The number of nitrogens with zero attached hydrogens (tertiary/aromatic N) is 1. The Hall–Kier alpha value is -1.07. The highest BCUT2D eigenvalue weighted by Crippen LogP contribution is 2.45. The van der Waals surface area contributed by atoms with Crippen LogP contribution in [0.4, 0.5) is 0 Å². The second-order valence-corrected chi connectivity index (χ2v) is 8.96. The topological polar surface area (TPSA) is 33.0 Å². The van der Waals surface area contributed by atoms with Crippen LogP contribution in [-0.4, -0.2) is 12.7 Å². The second kappa shape index (κ2) is 12.4. The molecular formula is C25H41NO. The maximum absolute atomic E-state index is 8.51. The smallest absolute Gasteiger partial charge is 0.0912 e. The molecule has 27 heavy (non-hydrogen) atoms. The summed E-state index contributed by atoms with van der Waals surface area (Å²) in [6.45, 7) is 2.31. The lowest BCUT2D eigenvalue weighted by molar-refractivity contribution is -0.0618. The van der Waals surface area contributed by atoms with Crippen molar-refractivity contribution in [1.29, 1.82) is 5.26 Å². The van der Waals surface area contributed by atoms with Crippen LogP contribution < -0.4 is 0 Å². The lowest BCUT2D eigenvalue weighted by Gasteiger charge is -2.43. The molecule has 0 bridgehead atoms. The highest BCUT2D eigenvalue weighted by atomic mass is 16.5. The maximum atomic E-state index is 8.51. The molecule has 0 N–H and O–H groups in total. The van der Waals surface area contributed by atoms with Crippen LogP contribution in [0.2, 0.25) is 0 Å². The van der Waals surface area contributed by atoms with Crippen molar-refractivity contribution in [2.75, 3.05) is 7.11 Å². The average Bonchev–Trinajstić information content (AvgIpc) is 2.72. The molecule has 2 rings (SSSR count). The van der Waals surface area contributed by atoms with Gasteiger partial charge in [-0.1, -0.05) is 63.7 Å². The molecule has 2 heteroatoms. The summed E-state index contributed by atoms with van der Waals surface area (Å²) in [6.07, 6.45) is 26.5. The molecule has 152 valence electrons.